The summed E-state index contributed by atoms with van der Waals surface area (Å²) in [4.78, 5) is 11.9. The van der Waals surface area contributed by atoms with Crippen LogP contribution < -0.4 is 4.90 Å². The van der Waals surface area contributed by atoms with Crippen molar-refractivity contribution in [3.8, 4) is 11.3 Å². The molecule has 0 saturated carbocycles. The van der Waals surface area contributed by atoms with E-state index in [1.165, 1.54) is 0 Å². The van der Waals surface area contributed by atoms with Gasteiger partial charge in [-0.1, -0.05) is 48.5 Å². The number of hydrogen-bond donors (Lipinski definition) is 1. The van der Waals surface area contributed by atoms with E-state index in [9.17, 15) is 5.11 Å². The Kier molecular flexibility index (Phi) is 4.82. The van der Waals surface area contributed by atoms with Gasteiger partial charge in [-0.3, -0.25) is 0 Å². The molecule has 5 nitrogen and oxygen atoms in total. The smallest absolute Gasteiger partial charge is 0.226 e. The Morgan fingerprint density at radius 1 is 1.12 bits per heavy atom. The number of nitrogens with zero attached hydrogens (tertiary/aromatic N) is 3. The zero-order chi connectivity index (χ0) is 17.9. The van der Waals surface area contributed by atoms with Crippen molar-refractivity contribution < 1.29 is 9.84 Å². The lowest BCUT2D eigenvalue weighted by molar-refractivity contribution is 0.0714. The second-order valence-corrected chi connectivity index (χ2v) is 6.76. The van der Waals surface area contributed by atoms with Gasteiger partial charge in [-0.15, -0.1) is 0 Å². The molecule has 0 bridgehead atoms. The highest BCUT2D eigenvalue weighted by molar-refractivity contribution is 5.93. The first-order valence-electron chi connectivity index (χ1n) is 9.07. The lowest BCUT2D eigenvalue weighted by Crippen LogP contribution is -2.47. The Labute approximate surface area is 153 Å². The van der Waals surface area contributed by atoms with Crippen molar-refractivity contribution >= 4 is 16.9 Å². The summed E-state index contributed by atoms with van der Waals surface area (Å²) in [5.74, 6) is 0.705. The van der Waals surface area contributed by atoms with Crippen LogP contribution in [0.5, 0.6) is 0 Å². The maximum atomic E-state index is 9.85. The van der Waals surface area contributed by atoms with E-state index in [1.807, 2.05) is 43.3 Å². The van der Waals surface area contributed by atoms with E-state index in [1.54, 1.807) is 0 Å². The molecule has 1 N–H and O–H groups in total. The fourth-order valence-electron chi connectivity index (χ4n) is 3.52. The summed E-state index contributed by atoms with van der Waals surface area (Å²) >= 11 is 0. The van der Waals surface area contributed by atoms with Crippen molar-refractivity contribution in [2.45, 2.75) is 25.5 Å². The van der Waals surface area contributed by atoms with Crippen LogP contribution >= 0.6 is 0 Å². The van der Waals surface area contributed by atoms with Gasteiger partial charge in [0.2, 0.25) is 5.95 Å². The van der Waals surface area contributed by atoms with Gasteiger partial charge < -0.3 is 14.7 Å². The standard InChI is InChI=1S/C21H23N3O2/c1-15(25)13-17-14-26-12-11-24(17)21-22-19-10-6-5-9-18(19)20(23-21)16-7-3-2-4-8-16/h2-10,15,17,25H,11-14H2,1H3. The number of anilines is 1. The van der Waals surface area contributed by atoms with Crippen LogP contribution in [0.1, 0.15) is 13.3 Å². The number of aliphatic hydroxyl groups is 1. The third-order valence-electron chi connectivity index (χ3n) is 4.74. The van der Waals surface area contributed by atoms with Crippen molar-refractivity contribution in [1.29, 1.82) is 0 Å². The number of rotatable bonds is 4. The fourth-order valence-corrected chi connectivity index (χ4v) is 3.52. The highest BCUT2D eigenvalue weighted by Gasteiger charge is 2.27. The molecule has 2 heterocycles. The van der Waals surface area contributed by atoms with Crippen molar-refractivity contribution in [3.05, 3.63) is 54.6 Å². The van der Waals surface area contributed by atoms with Crippen LogP contribution in [0.3, 0.4) is 0 Å². The Balaban J connectivity index is 1.82. The van der Waals surface area contributed by atoms with Crippen LogP contribution in [-0.2, 0) is 4.74 Å². The predicted molar refractivity (Wildman–Crippen MR) is 103 cm³/mol. The van der Waals surface area contributed by atoms with Crippen LogP contribution in [-0.4, -0.2) is 47.0 Å². The van der Waals surface area contributed by atoms with Gasteiger partial charge in [-0.05, 0) is 19.4 Å². The van der Waals surface area contributed by atoms with Gasteiger partial charge in [0.25, 0.3) is 0 Å². The summed E-state index contributed by atoms with van der Waals surface area (Å²) in [6, 6.07) is 18.4. The number of hydrogen-bond acceptors (Lipinski definition) is 5. The van der Waals surface area contributed by atoms with E-state index in [4.69, 9.17) is 14.7 Å². The number of ether oxygens (including phenoxy) is 1. The molecule has 2 aromatic carbocycles. The molecule has 1 saturated heterocycles. The van der Waals surface area contributed by atoms with Gasteiger partial charge >= 0.3 is 0 Å². The third-order valence-corrected chi connectivity index (χ3v) is 4.74. The summed E-state index contributed by atoms with van der Waals surface area (Å²) in [5, 5.41) is 10.9. The first kappa shape index (κ1) is 16.9. The lowest BCUT2D eigenvalue weighted by atomic mass is 10.1. The summed E-state index contributed by atoms with van der Waals surface area (Å²) in [7, 11) is 0. The molecule has 3 aromatic rings. The number of aromatic nitrogens is 2. The van der Waals surface area contributed by atoms with Gasteiger partial charge in [-0.2, -0.15) is 0 Å². The van der Waals surface area contributed by atoms with E-state index >= 15 is 0 Å². The Hall–Kier alpha value is -2.50. The van der Waals surface area contributed by atoms with Crippen molar-refractivity contribution in [2.75, 3.05) is 24.7 Å². The highest BCUT2D eigenvalue weighted by atomic mass is 16.5. The summed E-state index contributed by atoms with van der Waals surface area (Å²) in [6.45, 7) is 3.77. The van der Waals surface area contributed by atoms with Crippen LogP contribution in [0.15, 0.2) is 54.6 Å². The van der Waals surface area contributed by atoms with E-state index in [-0.39, 0.29) is 6.04 Å². The Morgan fingerprint density at radius 2 is 1.88 bits per heavy atom. The van der Waals surface area contributed by atoms with Gasteiger partial charge in [0, 0.05) is 17.5 Å². The number of para-hydroxylation sites is 1. The van der Waals surface area contributed by atoms with E-state index < -0.39 is 6.10 Å². The van der Waals surface area contributed by atoms with Crippen LogP contribution in [0.2, 0.25) is 0 Å². The molecule has 1 aliphatic rings. The number of aliphatic hydroxyl groups excluding tert-OH is 1. The molecule has 134 valence electrons. The molecule has 1 fully saturated rings. The van der Waals surface area contributed by atoms with E-state index in [2.05, 4.69) is 23.1 Å². The maximum absolute atomic E-state index is 9.85. The monoisotopic (exact) mass is 349 g/mol. The van der Waals surface area contributed by atoms with Gasteiger partial charge in [-0.25, -0.2) is 9.97 Å². The summed E-state index contributed by atoms with van der Waals surface area (Å²) in [5.41, 5.74) is 2.94. The van der Waals surface area contributed by atoms with Gasteiger partial charge in [0.1, 0.15) is 0 Å². The first-order chi connectivity index (χ1) is 12.7. The first-order valence-corrected chi connectivity index (χ1v) is 9.07. The molecule has 0 amide bonds. The summed E-state index contributed by atoms with van der Waals surface area (Å²) in [6.07, 6.45) is 0.245. The lowest BCUT2D eigenvalue weighted by Gasteiger charge is -2.36. The highest BCUT2D eigenvalue weighted by Crippen LogP contribution is 2.29. The minimum absolute atomic E-state index is 0.0773. The maximum Gasteiger partial charge on any atom is 0.226 e. The molecule has 1 aromatic heterocycles. The van der Waals surface area contributed by atoms with Crippen LogP contribution in [0, 0.1) is 0 Å². The van der Waals surface area contributed by atoms with Crippen molar-refractivity contribution in [3.63, 3.8) is 0 Å². The largest absolute Gasteiger partial charge is 0.393 e. The zero-order valence-electron chi connectivity index (χ0n) is 14.9. The molecule has 0 radical (unpaired) electrons. The average Bonchev–Trinajstić information content (AvgIpc) is 2.68. The van der Waals surface area contributed by atoms with Crippen LogP contribution in [0.4, 0.5) is 5.95 Å². The number of morpholine rings is 1. The molecule has 2 atom stereocenters. The fraction of sp³-hybridized carbons (Fsp3) is 0.333. The topological polar surface area (TPSA) is 58.5 Å². The minimum atomic E-state index is -0.391. The number of fused-ring (bicyclic) bond motifs is 1. The van der Waals surface area contributed by atoms with Crippen LogP contribution in [0.25, 0.3) is 22.2 Å². The molecule has 1 aliphatic heterocycles. The molecular weight excluding hydrogens is 326 g/mol. The SMILES string of the molecule is CC(O)CC1COCCN1c1nc(-c2ccccc2)c2ccccc2n1. The molecule has 2 unspecified atom stereocenters. The normalized spacial score (nSPS) is 18.8. The zero-order valence-corrected chi connectivity index (χ0v) is 14.9. The molecular formula is C21H23N3O2. The third kappa shape index (κ3) is 3.41. The second-order valence-electron chi connectivity index (χ2n) is 6.76. The quantitative estimate of drug-likeness (QED) is 0.783. The van der Waals surface area contributed by atoms with Crippen molar-refractivity contribution in [2.24, 2.45) is 0 Å². The van der Waals surface area contributed by atoms with E-state index in [0.29, 0.717) is 25.6 Å². The van der Waals surface area contributed by atoms with Gasteiger partial charge in [0.15, 0.2) is 0 Å². The van der Waals surface area contributed by atoms with Gasteiger partial charge in [0.05, 0.1) is 36.6 Å². The Morgan fingerprint density at radius 3 is 2.69 bits per heavy atom. The minimum Gasteiger partial charge on any atom is -0.393 e. The molecule has 0 aliphatic carbocycles. The predicted octanol–water partition coefficient (Wildman–Crippen LogP) is 3.27. The average molecular weight is 349 g/mol. The molecule has 0 spiro atoms. The summed E-state index contributed by atoms with van der Waals surface area (Å²) < 4.78 is 5.63. The number of benzene rings is 2. The Bertz CT molecular complexity index is 883. The van der Waals surface area contributed by atoms with Crippen molar-refractivity contribution in [1.82, 2.24) is 9.97 Å². The molecule has 5 heteroatoms. The molecule has 4 rings (SSSR count). The second kappa shape index (κ2) is 7.40. The molecule has 26 heavy (non-hydrogen) atoms. The van der Waals surface area contributed by atoms with E-state index in [0.717, 1.165) is 28.7 Å².